The maximum Gasteiger partial charge on any atom is 0.191 e. The van der Waals surface area contributed by atoms with E-state index in [9.17, 15) is 0 Å². The first-order valence-corrected chi connectivity index (χ1v) is 7.94. The zero-order valence-corrected chi connectivity index (χ0v) is 17.8. The second kappa shape index (κ2) is 8.71. The van der Waals surface area contributed by atoms with E-state index in [0.717, 1.165) is 23.8 Å². The molecule has 6 heteroatoms. The number of guanidine groups is 1. The van der Waals surface area contributed by atoms with E-state index in [2.05, 4.69) is 61.5 Å². The molecule has 0 saturated carbocycles. The number of halogens is 1. The van der Waals surface area contributed by atoms with E-state index in [-0.39, 0.29) is 29.5 Å². The second-order valence-electron chi connectivity index (χ2n) is 6.63. The Kier molecular flexibility index (Phi) is 7.54. The van der Waals surface area contributed by atoms with Gasteiger partial charge in [0.05, 0.1) is 6.54 Å². The fourth-order valence-corrected chi connectivity index (χ4v) is 2.24. The van der Waals surface area contributed by atoms with E-state index >= 15 is 0 Å². The van der Waals surface area contributed by atoms with Gasteiger partial charge in [-0.05, 0) is 40.9 Å². The predicted molar refractivity (Wildman–Crippen MR) is 112 cm³/mol. The van der Waals surface area contributed by atoms with Gasteiger partial charge in [-0.2, -0.15) is 0 Å². The van der Waals surface area contributed by atoms with Crippen LogP contribution >= 0.6 is 24.0 Å². The number of para-hydroxylation sites is 1. The lowest BCUT2D eigenvalue weighted by Gasteiger charge is -2.33. The number of rotatable bonds is 5. The van der Waals surface area contributed by atoms with E-state index in [4.69, 9.17) is 4.42 Å². The van der Waals surface area contributed by atoms with Crippen molar-refractivity contribution in [3.8, 4) is 0 Å². The molecule has 2 aromatic rings. The first-order valence-electron chi connectivity index (χ1n) is 7.94. The number of aryl methyl sites for hydroxylation is 1. The Morgan fingerprint density at radius 1 is 1.21 bits per heavy atom. The van der Waals surface area contributed by atoms with Crippen LogP contribution in [0.25, 0.3) is 11.0 Å². The lowest BCUT2D eigenvalue weighted by Crippen LogP contribution is -2.50. The molecular formula is C18H29IN4O. The van der Waals surface area contributed by atoms with Crippen LogP contribution in [0.15, 0.2) is 33.7 Å². The molecule has 0 aliphatic heterocycles. The molecule has 1 aromatic heterocycles. The third-order valence-electron chi connectivity index (χ3n) is 4.48. The zero-order chi connectivity index (χ0) is 17.0. The molecule has 0 amide bonds. The minimum Gasteiger partial charge on any atom is -0.459 e. The number of nitrogens with zero attached hydrogens (tertiary/aromatic N) is 2. The number of fused-ring (bicyclic) bond motifs is 1. The van der Waals surface area contributed by atoms with Crippen molar-refractivity contribution in [3.05, 3.63) is 35.6 Å². The van der Waals surface area contributed by atoms with Gasteiger partial charge in [-0.1, -0.05) is 18.2 Å². The van der Waals surface area contributed by atoms with Crippen LogP contribution in [0.5, 0.6) is 0 Å². The van der Waals surface area contributed by atoms with E-state index < -0.39 is 0 Å². The quantitative estimate of drug-likeness (QED) is 0.422. The highest BCUT2D eigenvalue weighted by molar-refractivity contribution is 14.0. The smallest absolute Gasteiger partial charge is 0.191 e. The van der Waals surface area contributed by atoms with E-state index in [0.29, 0.717) is 6.54 Å². The van der Waals surface area contributed by atoms with Crippen molar-refractivity contribution in [1.82, 2.24) is 15.5 Å². The van der Waals surface area contributed by atoms with Crippen molar-refractivity contribution in [2.24, 2.45) is 4.99 Å². The number of benzene rings is 1. The van der Waals surface area contributed by atoms with Crippen molar-refractivity contribution in [1.29, 1.82) is 0 Å². The average Bonchev–Trinajstić information content (AvgIpc) is 2.84. The lowest BCUT2D eigenvalue weighted by atomic mass is 10.0. The van der Waals surface area contributed by atoms with Gasteiger partial charge in [-0.25, -0.2) is 0 Å². The van der Waals surface area contributed by atoms with E-state index in [1.54, 1.807) is 7.05 Å². The summed E-state index contributed by atoms with van der Waals surface area (Å²) in [6.07, 6.45) is 0. The zero-order valence-electron chi connectivity index (χ0n) is 15.4. The van der Waals surface area contributed by atoms with Crippen LogP contribution in [-0.2, 0) is 6.54 Å². The summed E-state index contributed by atoms with van der Waals surface area (Å²) in [7, 11) is 5.94. The number of nitrogens with one attached hydrogen (secondary N) is 2. The van der Waals surface area contributed by atoms with Crippen molar-refractivity contribution in [3.63, 3.8) is 0 Å². The Labute approximate surface area is 161 Å². The summed E-state index contributed by atoms with van der Waals surface area (Å²) in [5.41, 5.74) is 2.16. The van der Waals surface area contributed by atoms with Gasteiger partial charge in [0.2, 0.25) is 0 Å². The molecule has 2 N–H and O–H groups in total. The Morgan fingerprint density at radius 3 is 2.46 bits per heavy atom. The standard InChI is InChI=1S/C18H28N4O.HI/c1-13-14-9-7-8-10-15(14)23-16(13)11-20-17(19-4)21-12-18(2,3)22(5)6;/h7-10H,11-12H2,1-6H3,(H2,19,20,21);1H. The molecule has 2 rings (SSSR count). The predicted octanol–water partition coefficient (Wildman–Crippen LogP) is 3.36. The Morgan fingerprint density at radius 2 is 1.88 bits per heavy atom. The molecule has 1 heterocycles. The maximum atomic E-state index is 5.92. The largest absolute Gasteiger partial charge is 0.459 e. The topological polar surface area (TPSA) is 52.8 Å². The Bertz CT molecular complexity index is 691. The summed E-state index contributed by atoms with van der Waals surface area (Å²) in [5, 5.41) is 7.86. The van der Waals surface area contributed by atoms with Gasteiger partial charge in [-0.3, -0.25) is 4.99 Å². The summed E-state index contributed by atoms with van der Waals surface area (Å²) >= 11 is 0. The Balaban J connectivity index is 0.00000288. The van der Waals surface area contributed by atoms with Gasteiger partial charge in [-0.15, -0.1) is 24.0 Å². The molecule has 0 atom stereocenters. The highest BCUT2D eigenvalue weighted by Crippen LogP contribution is 2.24. The van der Waals surface area contributed by atoms with Crippen molar-refractivity contribution >= 4 is 40.9 Å². The molecule has 24 heavy (non-hydrogen) atoms. The monoisotopic (exact) mass is 444 g/mol. The number of aliphatic imine (C=N–C) groups is 1. The second-order valence-corrected chi connectivity index (χ2v) is 6.63. The molecule has 0 unspecified atom stereocenters. The number of likely N-dealkylation sites (N-methyl/N-ethyl adjacent to an activating group) is 1. The molecule has 1 aromatic carbocycles. The fraction of sp³-hybridized carbons (Fsp3) is 0.500. The number of hydrogen-bond acceptors (Lipinski definition) is 3. The highest BCUT2D eigenvalue weighted by atomic mass is 127. The molecule has 0 saturated heterocycles. The summed E-state index contributed by atoms with van der Waals surface area (Å²) in [4.78, 5) is 6.47. The summed E-state index contributed by atoms with van der Waals surface area (Å²) < 4.78 is 5.92. The van der Waals surface area contributed by atoms with Gasteiger partial charge in [0.25, 0.3) is 0 Å². The minimum absolute atomic E-state index is 0. The lowest BCUT2D eigenvalue weighted by molar-refractivity contribution is 0.197. The van der Waals surface area contributed by atoms with Gasteiger partial charge in [0.15, 0.2) is 5.96 Å². The van der Waals surface area contributed by atoms with Crippen LogP contribution in [0.1, 0.15) is 25.2 Å². The SMILES string of the molecule is CN=C(NCc1oc2ccccc2c1C)NCC(C)(C)N(C)C.I. The van der Waals surface area contributed by atoms with Crippen molar-refractivity contribution in [2.75, 3.05) is 27.7 Å². The van der Waals surface area contributed by atoms with Crippen molar-refractivity contribution < 1.29 is 4.42 Å². The molecule has 0 spiro atoms. The summed E-state index contributed by atoms with van der Waals surface area (Å²) in [5.74, 6) is 1.72. The van der Waals surface area contributed by atoms with Crippen LogP contribution < -0.4 is 10.6 Å². The maximum absolute atomic E-state index is 5.92. The van der Waals surface area contributed by atoms with Crippen LogP contribution in [0.3, 0.4) is 0 Å². The van der Waals surface area contributed by atoms with Gasteiger partial charge in [0.1, 0.15) is 11.3 Å². The molecular weight excluding hydrogens is 415 g/mol. The summed E-state index contributed by atoms with van der Waals surface area (Å²) in [6.45, 7) is 7.89. The molecule has 0 aliphatic carbocycles. The number of hydrogen-bond donors (Lipinski definition) is 2. The first-order chi connectivity index (χ1) is 10.8. The van der Waals surface area contributed by atoms with Gasteiger partial charge < -0.3 is 20.0 Å². The van der Waals surface area contributed by atoms with Gasteiger partial charge in [0, 0.05) is 30.1 Å². The average molecular weight is 444 g/mol. The van der Waals surface area contributed by atoms with E-state index in [1.165, 1.54) is 10.9 Å². The highest BCUT2D eigenvalue weighted by Gasteiger charge is 2.20. The molecule has 0 aliphatic rings. The molecule has 134 valence electrons. The van der Waals surface area contributed by atoms with Crippen LogP contribution in [0.4, 0.5) is 0 Å². The van der Waals surface area contributed by atoms with Crippen molar-refractivity contribution in [2.45, 2.75) is 32.9 Å². The Hall–Kier alpha value is -1.28. The van der Waals surface area contributed by atoms with Crippen LogP contribution in [-0.4, -0.2) is 44.1 Å². The third-order valence-corrected chi connectivity index (χ3v) is 4.48. The molecule has 0 fully saturated rings. The molecule has 0 bridgehead atoms. The third kappa shape index (κ3) is 4.86. The first kappa shape index (κ1) is 20.8. The molecule has 5 nitrogen and oxygen atoms in total. The van der Waals surface area contributed by atoms with Gasteiger partial charge >= 0.3 is 0 Å². The van der Waals surface area contributed by atoms with E-state index in [1.807, 2.05) is 18.2 Å². The van der Waals surface area contributed by atoms with Crippen LogP contribution in [0, 0.1) is 6.92 Å². The fourth-order valence-electron chi connectivity index (χ4n) is 2.24. The number of furan rings is 1. The van der Waals surface area contributed by atoms with Crippen LogP contribution in [0.2, 0.25) is 0 Å². The normalized spacial score (nSPS) is 12.4. The minimum atomic E-state index is 0. The summed E-state index contributed by atoms with van der Waals surface area (Å²) in [6, 6.07) is 8.11. The molecule has 0 radical (unpaired) electrons.